The summed E-state index contributed by atoms with van der Waals surface area (Å²) in [6.07, 6.45) is 11.6. The fourth-order valence-electron chi connectivity index (χ4n) is 5.00. The van der Waals surface area contributed by atoms with Crippen LogP contribution in [0.1, 0.15) is 38.5 Å². The molecular weight excluding hydrogens is 521 g/mol. The Labute approximate surface area is 232 Å². The number of hydrogen-bond donors (Lipinski definition) is 2. The number of nitrogens with one attached hydrogen (secondary N) is 2. The number of aromatic nitrogens is 2. The third kappa shape index (κ3) is 7.23. The van der Waals surface area contributed by atoms with Crippen molar-refractivity contribution in [2.24, 2.45) is 0 Å². The lowest BCUT2D eigenvalue weighted by molar-refractivity contribution is -0.111. The van der Waals surface area contributed by atoms with Crippen LogP contribution in [0, 0.1) is 5.82 Å². The molecule has 1 saturated heterocycles. The maximum atomic E-state index is 13.6. The lowest BCUT2D eigenvalue weighted by Gasteiger charge is -2.19. The van der Waals surface area contributed by atoms with Gasteiger partial charge in [-0.15, -0.1) is 0 Å². The zero-order chi connectivity index (χ0) is 27.2. The minimum absolute atomic E-state index is 0.00626. The molecule has 10 heteroatoms. The highest BCUT2D eigenvalue weighted by atomic mass is 35.5. The Morgan fingerprint density at radius 3 is 2.82 bits per heavy atom. The van der Waals surface area contributed by atoms with Gasteiger partial charge in [-0.3, -0.25) is 4.79 Å². The van der Waals surface area contributed by atoms with Gasteiger partial charge in [0.25, 0.3) is 0 Å². The number of benzene rings is 2. The molecule has 0 bridgehead atoms. The fourth-order valence-corrected chi connectivity index (χ4v) is 5.18. The van der Waals surface area contributed by atoms with Crippen molar-refractivity contribution < 1.29 is 18.7 Å². The summed E-state index contributed by atoms with van der Waals surface area (Å²) in [6, 6.07) is 7.99. The molecule has 206 valence electrons. The van der Waals surface area contributed by atoms with Crippen molar-refractivity contribution in [1.82, 2.24) is 14.9 Å². The Kier molecular flexibility index (Phi) is 8.91. The maximum Gasteiger partial charge on any atom is 0.248 e. The third-order valence-electron chi connectivity index (χ3n) is 7.00. The minimum atomic E-state index is -0.500. The molecule has 1 atom stereocenters. The van der Waals surface area contributed by atoms with Crippen LogP contribution in [0.5, 0.6) is 5.75 Å². The molecule has 1 saturated carbocycles. The van der Waals surface area contributed by atoms with Gasteiger partial charge in [0.2, 0.25) is 5.91 Å². The van der Waals surface area contributed by atoms with E-state index in [0.29, 0.717) is 40.4 Å². The Morgan fingerprint density at radius 2 is 2.05 bits per heavy atom. The number of amides is 1. The predicted octanol–water partition coefficient (Wildman–Crippen LogP) is 6.09. The molecule has 2 fully saturated rings. The molecule has 8 nitrogen and oxygen atoms in total. The van der Waals surface area contributed by atoms with Crippen LogP contribution in [0.3, 0.4) is 0 Å². The summed E-state index contributed by atoms with van der Waals surface area (Å²) >= 11 is 5.96. The second-order valence-electron chi connectivity index (χ2n) is 10.1. The molecule has 1 aliphatic carbocycles. The summed E-state index contributed by atoms with van der Waals surface area (Å²) in [5, 5.41) is 6.84. The predicted molar refractivity (Wildman–Crippen MR) is 151 cm³/mol. The number of rotatable bonds is 10. The highest BCUT2D eigenvalue weighted by Gasteiger charge is 2.20. The van der Waals surface area contributed by atoms with E-state index in [9.17, 15) is 9.18 Å². The van der Waals surface area contributed by atoms with E-state index in [0.717, 1.165) is 51.7 Å². The molecule has 2 heterocycles. The summed E-state index contributed by atoms with van der Waals surface area (Å²) in [6.45, 7) is 2.30. The summed E-state index contributed by atoms with van der Waals surface area (Å²) in [5.41, 5.74) is 1.76. The lowest BCUT2D eigenvalue weighted by atomic mass is 10.1. The van der Waals surface area contributed by atoms with Gasteiger partial charge in [0, 0.05) is 42.9 Å². The smallest absolute Gasteiger partial charge is 0.248 e. The van der Waals surface area contributed by atoms with Crippen molar-refractivity contribution in [1.29, 1.82) is 0 Å². The highest BCUT2D eigenvalue weighted by molar-refractivity contribution is 6.31. The average molecular weight is 554 g/mol. The van der Waals surface area contributed by atoms with Crippen molar-refractivity contribution in [3.8, 4) is 5.75 Å². The number of carbonyl (C=O) groups excluding carboxylic acids is 1. The van der Waals surface area contributed by atoms with Crippen LogP contribution in [-0.4, -0.2) is 59.7 Å². The first kappa shape index (κ1) is 27.3. The number of anilines is 3. The number of fused-ring (bicyclic) bond motifs is 1. The third-order valence-corrected chi connectivity index (χ3v) is 7.29. The topological polar surface area (TPSA) is 88.6 Å². The molecular formula is C29H33ClFN5O3. The van der Waals surface area contributed by atoms with E-state index in [-0.39, 0.29) is 23.1 Å². The molecule has 3 aromatic rings. The standard InChI is InChI=1S/C29H33ClFN5O3/c1-36(17-21-8-5-13-38-21)12-4-9-28(37)35-26-15-22-25(16-27(26)39-20-6-2-3-7-20)32-18-33-29(22)34-19-10-11-24(31)23(30)14-19/h4,9-11,14-16,18,20-21H,2-3,5-8,12-13,17H2,1H3,(H,35,37)(H,32,33,34)/t21-/m0/s1. The molecule has 1 aliphatic heterocycles. The summed E-state index contributed by atoms with van der Waals surface area (Å²) < 4.78 is 25.7. The van der Waals surface area contributed by atoms with E-state index < -0.39 is 5.82 Å². The Balaban J connectivity index is 1.36. The van der Waals surface area contributed by atoms with Gasteiger partial charge in [0.15, 0.2) is 0 Å². The van der Waals surface area contributed by atoms with Crippen LogP contribution in [0.4, 0.5) is 21.6 Å². The van der Waals surface area contributed by atoms with Crippen molar-refractivity contribution in [3.05, 3.63) is 59.7 Å². The van der Waals surface area contributed by atoms with Crippen LogP contribution >= 0.6 is 11.6 Å². The van der Waals surface area contributed by atoms with E-state index in [1.54, 1.807) is 6.07 Å². The fraction of sp³-hybridized carbons (Fsp3) is 0.414. The Hall–Kier alpha value is -3.27. The second kappa shape index (κ2) is 12.7. The van der Waals surface area contributed by atoms with Crippen molar-refractivity contribution >= 4 is 45.6 Å². The van der Waals surface area contributed by atoms with Crippen LogP contribution in [-0.2, 0) is 9.53 Å². The second-order valence-corrected chi connectivity index (χ2v) is 10.5. The van der Waals surface area contributed by atoms with Crippen LogP contribution in [0.15, 0.2) is 48.8 Å². The van der Waals surface area contributed by atoms with Gasteiger partial charge in [-0.2, -0.15) is 0 Å². The van der Waals surface area contributed by atoms with Gasteiger partial charge in [-0.1, -0.05) is 17.7 Å². The van der Waals surface area contributed by atoms with Gasteiger partial charge < -0.3 is 25.0 Å². The van der Waals surface area contributed by atoms with Gasteiger partial charge in [-0.05, 0) is 69.8 Å². The molecule has 5 rings (SSSR count). The molecule has 2 aromatic carbocycles. The first-order chi connectivity index (χ1) is 18.9. The van der Waals surface area contributed by atoms with Crippen LogP contribution in [0.2, 0.25) is 5.02 Å². The highest BCUT2D eigenvalue weighted by Crippen LogP contribution is 2.36. The monoisotopic (exact) mass is 553 g/mol. The van der Waals surface area contributed by atoms with Crippen LogP contribution in [0.25, 0.3) is 10.9 Å². The molecule has 2 N–H and O–H groups in total. The van der Waals surface area contributed by atoms with Crippen molar-refractivity contribution in [3.63, 3.8) is 0 Å². The number of nitrogens with zero attached hydrogens (tertiary/aromatic N) is 3. The zero-order valence-corrected chi connectivity index (χ0v) is 22.7. The Morgan fingerprint density at radius 1 is 1.21 bits per heavy atom. The molecule has 0 unspecified atom stereocenters. The molecule has 39 heavy (non-hydrogen) atoms. The molecule has 0 spiro atoms. The number of ether oxygens (including phenoxy) is 2. The molecule has 2 aliphatic rings. The van der Waals surface area contributed by atoms with Crippen molar-refractivity contribution in [2.45, 2.75) is 50.7 Å². The Bertz CT molecular complexity index is 1340. The van der Waals surface area contributed by atoms with Gasteiger partial charge >= 0.3 is 0 Å². The summed E-state index contributed by atoms with van der Waals surface area (Å²) in [4.78, 5) is 23.9. The van der Waals surface area contributed by atoms with E-state index >= 15 is 0 Å². The number of carbonyl (C=O) groups is 1. The summed E-state index contributed by atoms with van der Waals surface area (Å²) in [7, 11) is 2.02. The molecule has 1 amide bonds. The van der Waals surface area contributed by atoms with Gasteiger partial charge in [0.1, 0.15) is 23.7 Å². The van der Waals surface area contributed by atoms with E-state index in [1.807, 2.05) is 25.3 Å². The SMILES string of the molecule is CN(CC=CC(=O)Nc1cc2c(Nc3ccc(F)c(Cl)c3)ncnc2cc1OC1CCCC1)C[C@@H]1CCCO1. The zero-order valence-electron chi connectivity index (χ0n) is 22.0. The normalized spacial score (nSPS) is 17.9. The van der Waals surface area contributed by atoms with Gasteiger partial charge in [0.05, 0.1) is 28.4 Å². The molecule has 1 aromatic heterocycles. The number of hydrogen-bond acceptors (Lipinski definition) is 7. The quantitative estimate of drug-likeness (QED) is 0.294. The summed E-state index contributed by atoms with van der Waals surface area (Å²) in [5.74, 6) is 0.311. The lowest BCUT2D eigenvalue weighted by Crippen LogP contribution is -2.28. The van der Waals surface area contributed by atoms with Crippen molar-refractivity contribution in [2.75, 3.05) is 37.4 Å². The van der Waals surface area contributed by atoms with E-state index in [2.05, 4.69) is 25.5 Å². The number of halogens is 2. The number of likely N-dealkylation sites (N-methyl/N-ethyl adjacent to an activating group) is 1. The van der Waals surface area contributed by atoms with Crippen LogP contribution < -0.4 is 15.4 Å². The first-order valence-corrected chi connectivity index (χ1v) is 13.8. The maximum absolute atomic E-state index is 13.6. The average Bonchev–Trinajstić information content (AvgIpc) is 3.62. The first-order valence-electron chi connectivity index (χ1n) is 13.4. The molecule has 0 radical (unpaired) electrons. The largest absolute Gasteiger partial charge is 0.488 e. The van der Waals surface area contributed by atoms with Gasteiger partial charge in [-0.25, -0.2) is 14.4 Å². The van der Waals surface area contributed by atoms with E-state index in [4.69, 9.17) is 21.1 Å². The minimum Gasteiger partial charge on any atom is -0.488 e. The van der Waals surface area contributed by atoms with E-state index in [1.165, 1.54) is 24.5 Å².